The van der Waals surface area contributed by atoms with Crippen LogP contribution in [0.25, 0.3) is 11.4 Å². The molecule has 0 bridgehead atoms. The Balaban J connectivity index is 2.04. The zero-order valence-electron chi connectivity index (χ0n) is 10.7. The lowest BCUT2D eigenvalue weighted by atomic mass is 10.1. The van der Waals surface area contributed by atoms with Gasteiger partial charge in [-0.1, -0.05) is 19.1 Å². The zero-order chi connectivity index (χ0) is 12.8. The smallest absolute Gasteiger partial charge is 0.184 e. The number of aryl methyl sites for hydroxylation is 1. The lowest BCUT2D eigenvalue weighted by molar-refractivity contribution is 0.427. The standard InChI is InChI=1S/C13H17N5/c1-9-4-3-5-10(14)11(9)12-15-16-17-18(12)8-13(2)6-7-13/h3-5H,6-8,14H2,1-2H3. The molecule has 5 nitrogen and oxygen atoms in total. The quantitative estimate of drug-likeness (QED) is 0.837. The second-order valence-corrected chi connectivity index (χ2v) is 5.51. The fourth-order valence-corrected chi connectivity index (χ4v) is 2.22. The van der Waals surface area contributed by atoms with Crippen molar-refractivity contribution in [1.82, 2.24) is 20.2 Å². The van der Waals surface area contributed by atoms with Gasteiger partial charge >= 0.3 is 0 Å². The molecule has 94 valence electrons. The van der Waals surface area contributed by atoms with Crippen molar-refractivity contribution in [1.29, 1.82) is 0 Å². The molecule has 1 aliphatic rings. The molecule has 1 saturated carbocycles. The fraction of sp³-hybridized carbons (Fsp3) is 0.462. The van der Waals surface area contributed by atoms with Gasteiger partial charge < -0.3 is 5.73 Å². The van der Waals surface area contributed by atoms with Gasteiger partial charge in [0, 0.05) is 11.3 Å². The Morgan fingerprint density at radius 2 is 2.17 bits per heavy atom. The second kappa shape index (κ2) is 3.80. The molecule has 1 fully saturated rings. The highest BCUT2D eigenvalue weighted by molar-refractivity contribution is 5.74. The SMILES string of the molecule is Cc1cccc(N)c1-c1nnnn1CC1(C)CC1. The number of hydrogen-bond donors (Lipinski definition) is 1. The zero-order valence-corrected chi connectivity index (χ0v) is 10.7. The third-order valence-corrected chi connectivity index (χ3v) is 3.70. The van der Waals surface area contributed by atoms with Crippen LogP contribution in [0.5, 0.6) is 0 Å². The van der Waals surface area contributed by atoms with Gasteiger partial charge in [-0.15, -0.1) is 5.10 Å². The Morgan fingerprint density at radius 3 is 2.83 bits per heavy atom. The Bertz CT molecular complexity index is 563. The summed E-state index contributed by atoms with van der Waals surface area (Å²) in [4.78, 5) is 0. The van der Waals surface area contributed by atoms with E-state index >= 15 is 0 Å². The molecule has 1 aromatic carbocycles. The van der Waals surface area contributed by atoms with Crippen LogP contribution in [0, 0.1) is 12.3 Å². The van der Waals surface area contributed by atoms with E-state index in [1.807, 2.05) is 29.8 Å². The summed E-state index contributed by atoms with van der Waals surface area (Å²) in [5.41, 5.74) is 9.20. The molecular weight excluding hydrogens is 226 g/mol. The predicted octanol–water partition coefficient (Wildman–Crippen LogP) is 2.03. The average molecular weight is 243 g/mol. The van der Waals surface area contributed by atoms with E-state index in [-0.39, 0.29) is 0 Å². The van der Waals surface area contributed by atoms with E-state index in [1.165, 1.54) is 12.8 Å². The van der Waals surface area contributed by atoms with Gasteiger partial charge in [0.2, 0.25) is 0 Å². The van der Waals surface area contributed by atoms with E-state index in [1.54, 1.807) is 0 Å². The summed E-state index contributed by atoms with van der Waals surface area (Å²) < 4.78 is 1.88. The van der Waals surface area contributed by atoms with E-state index in [2.05, 4.69) is 22.4 Å². The van der Waals surface area contributed by atoms with Crippen LogP contribution in [-0.4, -0.2) is 20.2 Å². The third-order valence-electron chi connectivity index (χ3n) is 3.70. The van der Waals surface area contributed by atoms with Crippen LogP contribution in [0.15, 0.2) is 18.2 Å². The number of rotatable bonds is 3. The number of nitrogens with two attached hydrogens (primary N) is 1. The molecule has 2 N–H and O–H groups in total. The van der Waals surface area contributed by atoms with Crippen LogP contribution >= 0.6 is 0 Å². The van der Waals surface area contributed by atoms with E-state index in [4.69, 9.17) is 5.73 Å². The fourth-order valence-electron chi connectivity index (χ4n) is 2.22. The highest BCUT2D eigenvalue weighted by Crippen LogP contribution is 2.46. The van der Waals surface area contributed by atoms with Crippen LogP contribution in [0.4, 0.5) is 5.69 Å². The maximum absolute atomic E-state index is 6.05. The largest absolute Gasteiger partial charge is 0.398 e. The highest BCUT2D eigenvalue weighted by Gasteiger charge is 2.38. The van der Waals surface area contributed by atoms with Crippen molar-refractivity contribution in [2.45, 2.75) is 33.2 Å². The van der Waals surface area contributed by atoms with Crippen LogP contribution < -0.4 is 5.73 Å². The first-order valence-corrected chi connectivity index (χ1v) is 6.21. The van der Waals surface area contributed by atoms with Crippen molar-refractivity contribution in [3.8, 4) is 11.4 Å². The minimum atomic E-state index is 0.363. The molecule has 1 aromatic heterocycles. The van der Waals surface area contributed by atoms with Crippen molar-refractivity contribution in [3.63, 3.8) is 0 Å². The summed E-state index contributed by atoms with van der Waals surface area (Å²) in [6, 6.07) is 5.87. The van der Waals surface area contributed by atoms with Gasteiger partial charge in [-0.25, -0.2) is 4.68 Å². The lowest BCUT2D eigenvalue weighted by Gasteiger charge is -2.12. The summed E-state index contributed by atoms with van der Waals surface area (Å²) in [7, 11) is 0. The van der Waals surface area contributed by atoms with Gasteiger partial charge in [-0.3, -0.25) is 0 Å². The maximum atomic E-state index is 6.05. The molecule has 0 unspecified atom stereocenters. The summed E-state index contributed by atoms with van der Waals surface area (Å²) in [6.07, 6.45) is 2.49. The molecule has 0 spiro atoms. The number of tetrazole rings is 1. The number of anilines is 1. The minimum Gasteiger partial charge on any atom is -0.398 e. The Hall–Kier alpha value is -1.91. The number of nitrogens with zero attached hydrogens (tertiary/aromatic N) is 4. The molecule has 18 heavy (non-hydrogen) atoms. The van der Waals surface area contributed by atoms with Crippen molar-refractivity contribution in [2.24, 2.45) is 5.41 Å². The molecule has 1 aliphatic carbocycles. The topological polar surface area (TPSA) is 69.6 Å². The molecule has 5 heteroatoms. The Kier molecular flexibility index (Phi) is 2.36. The molecule has 1 heterocycles. The molecular formula is C13H17N5. The molecule has 0 saturated heterocycles. The van der Waals surface area contributed by atoms with E-state index in [9.17, 15) is 0 Å². The average Bonchev–Trinajstić information content (AvgIpc) is 2.86. The summed E-state index contributed by atoms with van der Waals surface area (Å²) >= 11 is 0. The van der Waals surface area contributed by atoms with E-state index < -0.39 is 0 Å². The van der Waals surface area contributed by atoms with Gasteiger partial charge in [0.1, 0.15) is 0 Å². The second-order valence-electron chi connectivity index (χ2n) is 5.51. The van der Waals surface area contributed by atoms with Crippen LogP contribution in [0.1, 0.15) is 25.3 Å². The monoisotopic (exact) mass is 243 g/mol. The lowest BCUT2D eigenvalue weighted by Crippen LogP contribution is -2.12. The predicted molar refractivity (Wildman–Crippen MR) is 69.7 cm³/mol. The molecule has 0 radical (unpaired) electrons. The Morgan fingerprint density at radius 1 is 1.39 bits per heavy atom. The molecule has 2 aromatic rings. The minimum absolute atomic E-state index is 0.363. The van der Waals surface area contributed by atoms with Gasteiger partial charge in [0.05, 0.1) is 6.54 Å². The first-order valence-electron chi connectivity index (χ1n) is 6.21. The number of hydrogen-bond acceptors (Lipinski definition) is 4. The third kappa shape index (κ3) is 1.85. The van der Waals surface area contributed by atoms with Gasteiger partial charge in [-0.05, 0) is 47.2 Å². The van der Waals surface area contributed by atoms with Crippen molar-refractivity contribution in [2.75, 3.05) is 5.73 Å². The van der Waals surface area contributed by atoms with E-state index in [0.717, 1.165) is 29.2 Å². The van der Waals surface area contributed by atoms with Crippen LogP contribution in [0.3, 0.4) is 0 Å². The molecule has 0 atom stereocenters. The number of benzene rings is 1. The number of aromatic nitrogens is 4. The molecule has 0 amide bonds. The maximum Gasteiger partial charge on any atom is 0.184 e. The number of nitrogen functional groups attached to an aromatic ring is 1. The van der Waals surface area contributed by atoms with Crippen LogP contribution in [0.2, 0.25) is 0 Å². The summed E-state index contributed by atoms with van der Waals surface area (Å²) in [5, 5.41) is 12.0. The van der Waals surface area contributed by atoms with Crippen LogP contribution in [-0.2, 0) is 6.54 Å². The van der Waals surface area contributed by atoms with Crippen molar-refractivity contribution < 1.29 is 0 Å². The first-order chi connectivity index (χ1) is 8.59. The first kappa shape index (κ1) is 11.2. The normalized spacial score (nSPS) is 16.8. The molecule has 0 aliphatic heterocycles. The molecule has 3 rings (SSSR count). The van der Waals surface area contributed by atoms with Crippen molar-refractivity contribution in [3.05, 3.63) is 23.8 Å². The van der Waals surface area contributed by atoms with Crippen molar-refractivity contribution >= 4 is 5.69 Å². The van der Waals surface area contributed by atoms with Gasteiger partial charge in [0.25, 0.3) is 0 Å². The Labute approximate surface area is 106 Å². The summed E-state index contributed by atoms with van der Waals surface area (Å²) in [6.45, 7) is 5.16. The highest BCUT2D eigenvalue weighted by atomic mass is 15.5. The van der Waals surface area contributed by atoms with Gasteiger partial charge in [-0.2, -0.15) is 0 Å². The van der Waals surface area contributed by atoms with E-state index in [0.29, 0.717) is 5.41 Å². The summed E-state index contributed by atoms with van der Waals surface area (Å²) in [5.74, 6) is 0.777. The van der Waals surface area contributed by atoms with Gasteiger partial charge in [0.15, 0.2) is 5.82 Å².